The van der Waals surface area contributed by atoms with Gasteiger partial charge in [0.2, 0.25) is 5.75 Å². The van der Waals surface area contributed by atoms with Crippen molar-refractivity contribution in [3.63, 3.8) is 0 Å². The lowest BCUT2D eigenvalue weighted by Gasteiger charge is -2.29. The number of phenolic OH excluding ortho intramolecular Hbond substituents is 1. The Labute approximate surface area is 120 Å². The van der Waals surface area contributed by atoms with Crippen LogP contribution in [0.3, 0.4) is 0 Å². The molecule has 0 saturated carbocycles. The van der Waals surface area contributed by atoms with Crippen LogP contribution in [0.5, 0.6) is 17.2 Å². The number of rotatable bonds is 5. The highest BCUT2D eigenvalue weighted by atomic mass is 16.5. The van der Waals surface area contributed by atoms with Gasteiger partial charge in [-0.1, -0.05) is 0 Å². The third-order valence-corrected chi connectivity index (χ3v) is 4.16. The summed E-state index contributed by atoms with van der Waals surface area (Å²) in [6, 6.07) is 3.81. The summed E-state index contributed by atoms with van der Waals surface area (Å²) >= 11 is 0. The summed E-state index contributed by atoms with van der Waals surface area (Å²) in [6.45, 7) is 9.26. The number of hydrogen-bond donors (Lipinski definition) is 3. The van der Waals surface area contributed by atoms with Gasteiger partial charge in [-0.2, -0.15) is 0 Å². The molecule has 0 atom stereocenters. The van der Waals surface area contributed by atoms with E-state index in [0.29, 0.717) is 11.5 Å². The maximum absolute atomic E-state index is 9.93. The highest BCUT2D eigenvalue weighted by molar-refractivity contribution is 5.52. The Balaban J connectivity index is 2.06. The topological polar surface area (TPSA) is 47.6 Å². The lowest BCUT2D eigenvalue weighted by Crippen LogP contribution is -3.27. The molecule has 1 heterocycles. The first-order valence-corrected chi connectivity index (χ1v) is 7.29. The number of likely N-dealkylation sites (N-methyl/N-ethyl adjacent to an activating group) is 1. The van der Waals surface area contributed by atoms with Crippen LogP contribution < -0.4 is 19.3 Å². The average molecular weight is 282 g/mol. The molecule has 5 nitrogen and oxygen atoms in total. The molecule has 0 aromatic heterocycles. The molecule has 0 unspecified atom stereocenters. The molecule has 0 aliphatic carbocycles. The summed E-state index contributed by atoms with van der Waals surface area (Å²) < 4.78 is 10.4. The van der Waals surface area contributed by atoms with Crippen molar-refractivity contribution >= 4 is 0 Å². The fourth-order valence-corrected chi connectivity index (χ4v) is 2.83. The maximum Gasteiger partial charge on any atom is 0.200 e. The lowest BCUT2D eigenvalue weighted by atomic mass is 10.1. The number of nitrogens with one attached hydrogen (secondary N) is 2. The second-order valence-electron chi connectivity index (χ2n) is 5.38. The lowest BCUT2D eigenvalue weighted by molar-refractivity contribution is -1.02. The van der Waals surface area contributed by atoms with E-state index in [1.807, 2.05) is 12.1 Å². The number of piperazine rings is 1. The Kier molecular flexibility index (Phi) is 5.09. The number of aromatic hydroxyl groups is 1. The van der Waals surface area contributed by atoms with Gasteiger partial charge in [-0.05, 0) is 19.1 Å². The van der Waals surface area contributed by atoms with Crippen LogP contribution in [0.1, 0.15) is 12.5 Å². The van der Waals surface area contributed by atoms with E-state index in [4.69, 9.17) is 9.47 Å². The molecular formula is C15H26N2O3+2. The highest BCUT2D eigenvalue weighted by Crippen LogP contribution is 2.36. The van der Waals surface area contributed by atoms with Crippen LogP contribution in [-0.2, 0) is 6.54 Å². The minimum absolute atomic E-state index is 0.0778. The van der Waals surface area contributed by atoms with Crippen LogP contribution >= 0.6 is 0 Å². The van der Waals surface area contributed by atoms with Crippen LogP contribution in [0.4, 0.5) is 0 Å². The maximum atomic E-state index is 9.93. The van der Waals surface area contributed by atoms with Gasteiger partial charge in [0.1, 0.15) is 32.7 Å². The van der Waals surface area contributed by atoms with Gasteiger partial charge in [-0.3, -0.25) is 0 Å². The Morgan fingerprint density at radius 3 is 1.95 bits per heavy atom. The van der Waals surface area contributed by atoms with Crippen molar-refractivity contribution in [2.75, 3.05) is 46.9 Å². The molecule has 1 aliphatic heterocycles. The van der Waals surface area contributed by atoms with E-state index in [9.17, 15) is 5.11 Å². The quantitative estimate of drug-likeness (QED) is 0.630. The van der Waals surface area contributed by atoms with E-state index in [0.717, 1.165) is 12.1 Å². The first-order chi connectivity index (χ1) is 9.67. The van der Waals surface area contributed by atoms with Gasteiger partial charge in [0, 0.05) is 5.56 Å². The Hall–Kier alpha value is -1.46. The van der Waals surface area contributed by atoms with Crippen molar-refractivity contribution in [3.8, 4) is 17.2 Å². The first-order valence-electron chi connectivity index (χ1n) is 7.29. The van der Waals surface area contributed by atoms with E-state index in [-0.39, 0.29) is 5.75 Å². The molecule has 1 aromatic rings. The van der Waals surface area contributed by atoms with Crippen LogP contribution in [0.25, 0.3) is 0 Å². The van der Waals surface area contributed by atoms with Gasteiger partial charge in [0.15, 0.2) is 11.5 Å². The predicted octanol–water partition coefficient (Wildman–Crippen LogP) is -1.29. The summed E-state index contributed by atoms with van der Waals surface area (Å²) in [4.78, 5) is 3.27. The van der Waals surface area contributed by atoms with Crippen LogP contribution in [0.2, 0.25) is 0 Å². The zero-order chi connectivity index (χ0) is 14.5. The molecule has 0 bridgehead atoms. The molecule has 1 fully saturated rings. The first kappa shape index (κ1) is 14.9. The minimum Gasteiger partial charge on any atom is -0.502 e. The van der Waals surface area contributed by atoms with Gasteiger partial charge < -0.3 is 24.4 Å². The summed E-state index contributed by atoms with van der Waals surface area (Å²) in [5, 5.41) is 9.93. The zero-order valence-corrected chi connectivity index (χ0v) is 12.7. The van der Waals surface area contributed by atoms with Crippen molar-refractivity contribution in [2.24, 2.45) is 0 Å². The second kappa shape index (κ2) is 6.81. The molecule has 5 heteroatoms. The van der Waals surface area contributed by atoms with E-state index in [1.165, 1.54) is 32.7 Å². The fraction of sp³-hybridized carbons (Fsp3) is 0.600. The third-order valence-electron chi connectivity index (χ3n) is 4.16. The predicted molar refractivity (Wildman–Crippen MR) is 76.8 cm³/mol. The van der Waals surface area contributed by atoms with E-state index < -0.39 is 0 Å². The molecule has 0 amide bonds. The smallest absolute Gasteiger partial charge is 0.200 e. The summed E-state index contributed by atoms with van der Waals surface area (Å²) in [5.74, 6) is 1.04. The zero-order valence-electron chi connectivity index (χ0n) is 12.7. The molecule has 112 valence electrons. The Morgan fingerprint density at radius 1 is 1.00 bits per heavy atom. The SMILES string of the molecule is CC[NH+]1CC[NH+](Cc2cc(OC)c(O)c(OC)c2)CC1. The van der Waals surface area contributed by atoms with E-state index >= 15 is 0 Å². The second-order valence-corrected chi connectivity index (χ2v) is 5.38. The monoisotopic (exact) mass is 282 g/mol. The van der Waals surface area contributed by atoms with Crippen molar-refractivity contribution in [2.45, 2.75) is 13.5 Å². The molecule has 1 aliphatic rings. The Morgan fingerprint density at radius 2 is 1.50 bits per heavy atom. The van der Waals surface area contributed by atoms with Gasteiger partial charge >= 0.3 is 0 Å². The molecule has 20 heavy (non-hydrogen) atoms. The number of methoxy groups -OCH3 is 2. The van der Waals surface area contributed by atoms with Crippen molar-refractivity contribution in [1.29, 1.82) is 0 Å². The largest absolute Gasteiger partial charge is 0.502 e. The molecule has 2 rings (SSSR count). The molecular weight excluding hydrogens is 256 g/mol. The molecule has 0 spiro atoms. The van der Waals surface area contributed by atoms with Gasteiger partial charge in [-0.15, -0.1) is 0 Å². The van der Waals surface area contributed by atoms with Crippen LogP contribution in [0, 0.1) is 0 Å². The Bertz CT molecular complexity index is 418. The number of benzene rings is 1. The van der Waals surface area contributed by atoms with Gasteiger partial charge in [0.25, 0.3) is 0 Å². The number of ether oxygens (including phenoxy) is 2. The number of quaternary nitrogens is 2. The number of hydrogen-bond acceptors (Lipinski definition) is 3. The van der Waals surface area contributed by atoms with Gasteiger partial charge in [0.05, 0.1) is 20.8 Å². The average Bonchev–Trinajstić information content (AvgIpc) is 2.49. The van der Waals surface area contributed by atoms with Crippen molar-refractivity contribution < 1.29 is 24.4 Å². The normalized spacial score (nSPS) is 22.6. The highest BCUT2D eigenvalue weighted by Gasteiger charge is 2.22. The van der Waals surface area contributed by atoms with Gasteiger partial charge in [-0.25, -0.2) is 0 Å². The van der Waals surface area contributed by atoms with E-state index in [1.54, 1.807) is 24.0 Å². The van der Waals surface area contributed by atoms with Crippen molar-refractivity contribution in [1.82, 2.24) is 0 Å². The molecule has 1 saturated heterocycles. The minimum atomic E-state index is 0.0778. The standard InChI is InChI=1S/C15H24N2O3/c1-4-16-5-7-17(8-6-16)11-12-9-13(19-2)15(18)14(10-12)20-3/h9-10,18H,4-8,11H2,1-3H3/p+2. The summed E-state index contributed by atoms with van der Waals surface area (Å²) in [6.07, 6.45) is 0. The summed E-state index contributed by atoms with van der Waals surface area (Å²) in [7, 11) is 3.13. The summed E-state index contributed by atoms with van der Waals surface area (Å²) in [5.41, 5.74) is 1.14. The van der Waals surface area contributed by atoms with Crippen LogP contribution in [-0.4, -0.2) is 52.0 Å². The van der Waals surface area contributed by atoms with Crippen molar-refractivity contribution in [3.05, 3.63) is 17.7 Å². The van der Waals surface area contributed by atoms with E-state index in [2.05, 4.69) is 6.92 Å². The fourth-order valence-electron chi connectivity index (χ4n) is 2.83. The molecule has 0 radical (unpaired) electrons. The molecule has 3 N–H and O–H groups in total. The third kappa shape index (κ3) is 3.35. The number of phenols is 1. The van der Waals surface area contributed by atoms with Crippen LogP contribution in [0.15, 0.2) is 12.1 Å². The molecule has 1 aromatic carbocycles.